The molecule has 1 N–H and O–H groups in total. The second-order valence-electron chi connectivity index (χ2n) is 7.95. The lowest BCUT2D eigenvalue weighted by Crippen LogP contribution is -2.37. The minimum atomic E-state index is -0.308. The van der Waals surface area contributed by atoms with Gasteiger partial charge in [0.05, 0.1) is 4.75 Å². The number of carbonyl (C=O) groups excluding carboxylic acids is 1. The summed E-state index contributed by atoms with van der Waals surface area (Å²) in [6.45, 7) is 2.81. The molecule has 1 unspecified atom stereocenters. The van der Waals surface area contributed by atoms with E-state index < -0.39 is 0 Å². The van der Waals surface area contributed by atoms with E-state index in [-0.39, 0.29) is 16.9 Å². The molecule has 2 saturated heterocycles. The second-order valence-corrected chi connectivity index (χ2v) is 10.5. The van der Waals surface area contributed by atoms with E-state index in [0.29, 0.717) is 13.0 Å². The molecule has 29 heavy (non-hydrogen) atoms. The van der Waals surface area contributed by atoms with Gasteiger partial charge in [-0.15, -0.1) is 23.1 Å². The fourth-order valence-electron chi connectivity index (χ4n) is 3.96. The first-order valence-electron chi connectivity index (χ1n) is 10.5. The zero-order valence-electron chi connectivity index (χ0n) is 16.9. The van der Waals surface area contributed by atoms with Gasteiger partial charge in [0.25, 0.3) is 0 Å². The van der Waals surface area contributed by atoms with Crippen molar-refractivity contribution in [2.45, 2.75) is 62.9 Å². The third-order valence-corrected chi connectivity index (χ3v) is 8.71. The number of nitrogens with one attached hydrogen (secondary N) is 1. The molecular formula is C23H29NO3S2. The van der Waals surface area contributed by atoms with Crippen LogP contribution in [0.25, 0.3) is 10.4 Å². The zero-order chi connectivity index (χ0) is 20.1. The molecule has 2 aliphatic heterocycles. The predicted octanol–water partition coefficient (Wildman–Crippen LogP) is 5.80. The van der Waals surface area contributed by atoms with Gasteiger partial charge >= 0.3 is 0 Å². The summed E-state index contributed by atoms with van der Waals surface area (Å²) >= 11 is 3.75. The van der Waals surface area contributed by atoms with Gasteiger partial charge < -0.3 is 4.74 Å². The lowest BCUT2D eigenvalue weighted by Gasteiger charge is -2.35. The maximum absolute atomic E-state index is 12.7. The van der Waals surface area contributed by atoms with Crippen LogP contribution in [0.1, 0.15) is 55.4 Å². The van der Waals surface area contributed by atoms with E-state index in [1.54, 1.807) is 0 Å². The highest BCUT2D eigenvalue weighted by molar-refractivity contribution is 8.00. The molecule has 0 aliphatic carbocycles. The molecule has 1 aromatic heterocycles. The molecule has 0 bridgehead atoms. The lowest BCUT2D eigenvalue weighted by molar-refractivity contribution is -0.200. The minimum Gasteiger partial charge on any atom is -0.350 e. The number of rotatable bonds is 6. The number of hydroxylamine groups is 1. The van der Waals surface area contributed by atoms with Crippen molar-refractivity contribution < 1.29 is 14.4 Å². The van der Waals surface area contributed by atoms with E-state index in [1.807, 2.05) is 23.1 Å². The van der Waals surface area contributed by atoms with Gasteiger partial charge in [-0.05, 0) is 56.1 Å². The van der Waals surface area contributed by atoms with Gasteiger partial charge in [0.1, 0.15) is 0 Å². The van der Waals surface area contributed by atoms with Crippen molar-refractivity contribution in [1.82, 2.24) is 5.48 Å². The number of thioether (sulfide) groups is 1. The highest BCUT2D eigenvalue weighted by Gasteiger charge is 2.38. The quantitative estimate of drug-likeness (QED) is 0.587. The van der Waals surface area contributed by atoms with Gasteiger partial charge in [-0.3, -0.25) is 4.79 Å². The van der Waals surface area contributed by atoms with Crippen molar-refractivity contribution in [3.8, 4) is 10.4 Å². The van der Waals surface area contributed by atoms with Crippen LogP contribution in [0, 0.1) is 6.92 Å². The van der Waals surface area contributed by atoms with Gasteiger partial charge in [-0.1, -0.05) is 36.2 Å². The first-order chi connectivity index (χ1) is 14.1. The molecule has 0 spiro atoms. The third-order valence-electron chi connectivity index (χ3n) is 5.63. The number of thiophene rings is 1. The Labute approximate surface area is 181 Å². The maximum atomic E-state index is 12.7. The molecule has 2 fully saturated rings. The van der Waals surface area contributed by atoms with Crippen LogP contribution in [-0.2, 0) is 19.1 Å². The Hall–Kier alpha value is -1.34. The molecule has 2 aromatic rings. The molecule has 1 amide bonds. The molecule has 4 rings (SSSR count). The summed E-state index contributed by atoms with van der Waals surface area (Å²) in [5.41, 5.74) is 5.17. The fourth-order valence-corrected chi connectivity index (χ4v) is 6.86. The Bertz CT molecular complexity index is 806. The second kappa shape index (κ2) is 9.65. The lowest BCUT2D eigenvalue weighted by atomic mass is 9.94. The highest BCUT2D eigenvalue weighted by atomic mass is 32.2. The molecular weight excluding hydrogens is 402 g/mol. The number of hydrogen-bond acceptors (Lipinski definition) is 5. The van der Waals surface area contributed by atoms with Gasteiger partial charge in [-0.2, -0.15) is 0 Å². The van der Waals surface area contributed by atoms with Crippen LogP contribution in [0.4, 0.5) is 0 Å². The van der Waals surface area contributed by atoms with Crippen molar-refractivity contribution in [1.29, 1.82) is 0 Å². The number of hydrogen-bond donors (Lipinski definition) is 1. The van der Waals surface area contributed by atoms with E-state index in [9.17, 15) is 4.79 Å². The van der Waals surface area contributed by atoms with Crippen molar-refractivity contribution in [3.63, 3.8) is 0 Å². The Kier molecular flexibility index (Phi) is 6.96. The van der Waals surface area contributed by atoms with Crippen molar-refractivity contribution >= 4 is 29.0 Å². The van der Waals surface area contributed by atoms with Gasteiger partial charge in [0, 0.05) is 29.2 Å². The normalized spacial score (nSPS) is 24.9. The van der Waals surface area contributed by atoms with Crippen molar-refractivity contribution in [2.24, 2.45) is 0 Å². The molecule has 1 aromatic carbocycles. The molecule has 0 radical (unpaired) electrons. The van der Waals surface area contributed by atoms with Crippen LogP contribution in [-0.4, -0.2) is 24.6 Å². The van der Waals surface area contributed by atoms with Crippen molar-refractivity contribution in [3.05, 3.63) is 46.8 Å². The summed E-state index contributed by atoms with van der Waals surface area (Å²) in [7, 11) is 0. The Morgan fingerprint density at radius 3 is 2.76 bits per heavy atom. The van der Waals surface area contributed by atoms with E-state index in [2.05, 4.69) is 48.8 Å². The van der Waals surface area contributed by atoms with Crippen LogP contribution in [0.2, 0.25) is 0 Å². The highest BCUT2D eigenvalue weighted by Crippen LogP contribution is 2.50. The molecule has 2 aliphatic rings. The number of amides is 1. The maximum Gasteiger partial charge on any atom is 0.245 e. The summed E-state index contributed by atoms with van der Waals surface area (Å²) in [6.07, 6.45) is 6.52. The van der Waals surface area contributed by atoms with Crippen LogP contribution in [0.15, 0.2) is 36.4 Å². The van der Waals surface area contributed by atoms with Gasteiger partial charge in [-0.25, -0.2) is 10.3 Å². The van der Waals surface area contributed by atoms with E-state index in [0.717, 1.165) is 37.9 Å². The summed E-state index contributed by atoms with van der Waals surface area (Å²) in [6, 6.07) is 13.1. The molecule has 2 atom stereocenters. The molecule has 6 heteroatoms. The molecule has 0 saturated carbocycles. The smallest absolute Gasteiger partial charge is 0.245 e. The summed E-state index contributed by atoms with van der Waals surface area (Å²) < 4.78 is 5.39. The zero-order valence-corrected chi connectivity index (χ0v) is 18.6. The predicted molar refractivity (Wildman–Crippen MR) is 120 cm³/mol. The molecule has 156 valence electrons. The first-order valence-corrected chi connectivity index (χ1v) is 12.3. The number of aryl methyl sites for hydroxylation is 1. The topological polar surface area (TPSA) is 47.6 Å². The van der Waals surface area contributed by atoms with E-state index in [4.69, 9.17) is 9.57 Å². The van der Waals surface area contributed by atoms with Crippen molar-refractivity contribution in [2.75, 3.05) is 12.4 Å². The van der Waals surface area contributed by atoms with Crippen LogP contribution < -0.4 is 5.48 Å². The van der Waals surface area contributed by atoms with Crippen LogP contribution in [0.5, 0.6) is 0 Å². The number of ether oxygens (including phenoxy) is 1. The van der Waals surface area contributed by atoms with E-state index >= 15 is 0 Å². The largest absolute Gasteiger partial charge is 0.350 e. The first kappa shape index (κ1) is 20.9. The average molecular weight is 432 g/mol. The summed E-state index contributed by atoms with van der Waals surface area (Å²) in [4.78, 5) is 20.8. The third kappa shape index (κ3) is 5.23. The van der Waals surface area contributed by atoms with Gasteiger partial charge in [0.2, 0.25) is 5.91 Å². The monoisotopic (exact) mass is 431 g/mol. The summed E-state index contributed by atoms with van der Waals surface area (Å²) in [5, 5.41) is 0. The van der Waals surface area contributed by atoms with E-state index in [1.165, 1.54) is 27.3 Å². The number of benzene rings is 1. The van der Waals surface area contributed by atoms with Crippen LogP contribution in [0.3, 0.4) is 0 Å². The molecule has 4 nitrogen and oxygen atoms in total. The Morgan fingerprint density at radius 1 is 1.17 bits per heavy atom. The fraction of sp³-hybridized carbons (Fsp3) is 0.522. The average Bonchev–Trinajstić information content (AvgIpc) is 3.25. The summed E-state index contributed by atoms with van der Waals surface area (Å²) in [5.74, 6) is 1.04. The van der Waals surface area contributed by atoms with Gasteiger partial charge in [0.15, 0.2) is 6.29 Å². The number of carbonyl (C=O) groups is 1. The SMILES string of the molecule is Cc1ccc(-c2ccc([C@@]3(CC(=O)NOC4CCCCO4)CCCCS3)s2)cc1. The molecule has 3 heterocycles. The standard InChI is InChI=1S/C23H29NO3S2/c1-17-7-9-18(10-8-17)19-11-12-20(29-19)23(13-3-5-15-28-23)16-21(25)24-27-22-6-2-4-14-26-22/h7-12,22H,2-6,13-16H2,1H3,(H,24,25)/t22?,23-/m0/s1. The minimum absolute atomic E-state index is 0.0566. The van der Waals surface area contributed by atoms with Crippen LogP contribution >= 0.6 is 23.1 Å². The Balaban J connectivity index is 1.46. The Morgan fingerprint density at radius 2 is 2.03 bits per heavy atom.